The van der Waals surface area contributed by atoms with Crippen molar-refractivity contribution < 1.29 is 14.2 Å². The summed E-state index contributed by atoms with van der Waals surface area (Å²) < 4.78 is 18.3. The van der Waals surface area contributed by atoms with Gasteiger partial charge >= 0.3 is 0 Å². The van der Waals surface area contributed by atoms with Gasteiger partial charge in [-0.2, -0.15) is 0 Å². The summed E-state index contributed by atoms with van der Waals surface area (Å²) in [6.45, 7) is 8.54. The molecule has 4 nitrogen and oxygen atoms in total. The summed E-state index contributed by atoms with van der Waals surface area (Å²) in [7, 11) is 0. The lowest BCUT2D eigenvalue weighted by Gasteiger charge is -2.36. The molecule has 1 heterocycles. The number of hydrogen-bond acceptors (Lipinski definition) is 4. The van der Waals surface area contributed by atoms with Gasteiger partial charge in [-0.15, -0.1) is 0 Å². The first-order chi connectivity index (χ1) is 10.0. The molecule has 1 aliphatic rings. The third-order valence-corrected chi connectivity index (χ3v) is 3.65. The van der Waals surface area contributed by atoms with E-state index in [-0.39, 0.29) is 11.9 Å². The topological polar surface area (TPSA) is 35.9 Å². The molecule has 0 saturated carbocycles. The first-order valence-corrected chi connectivity index (χ1v) is 7.57. The first-order valence-electron chi connectivity index (χ1n) is 7.57. The average Bonchev–Trinajstić information content (AvgIpc) is 2.47. The molecular weight excluding hydrogens is 271 g/mol. The van der Waals surface area contributed by atoms with Crippen LogP contribution in [-0.4, -0.2) is 61.5 Å². The highest BCUT2D eigenvalue weighted by Gasteiger charge is 2.19. The number of halogens is 1. The number of anilines is 1. The van der Waals surface area contributed by atoms with E-state index in [1.165, 1.54) is 12.1 Å². The van der Waals surface area contributed by atoms with Crippen molar-refractivity contribution in [1.29, 1.82) is 0 Å². The second-order valence-corrected chi connectivity index (χ2v) is 5.80. The van der Waals surface area contributed by atoms with Gasteiger partial charge in [0, 0.05) is 38.4 Å². The Morgan fingerprint density at radius 3 is 2.33 bits per heavy atom. The van der Waals surface area contributed by atoms with Crippen LogP contribution < -0.4 is 4.90 Å². The second kappa shape index (κ2) is 7.73. The van der Waals surface area contributed by atoms with Crippen LogP contribution in [0.25, 0.3) is 0 Å². The SMILES string of the molecule is CC(C)OC[C@H](O)CN1CCN(c2ccc(F)cc2)CC1. The molecule has 5 heteroatoms. The van der Waals surface area contributed by atoms with E-state index >= 15 is 0 Å². The maximum absolute atomic E-state index is 12.9. The van der Waals surface area contributed by atoms with Gasteiger partial charge in [0.25, 0.3) is 0 Å². The normalized spacial score (nSPS) is 18.2. The standard InChI is InChI=1S/C16H25FN2O2/c1-13(2)21-12-16(20)11-18-7-9-19(10-8-18)15-5-3-14(17)4-6-15/h3-6,13,16,20H,7-12H2,1-2H3/t16-/m1/s1. The Hall–Kier alpha value is -1.17. The number of benzene rings is 1. The molecule has 21 heavy (non-hydrogen) atoms. The van der Waals surface area contributed by atoms with Gasteiger partial charge < -0.3 is 14.7 Å². The fraction of sp³-hybridized carbons (Fsp3) is 0.625. The second-order valence-electron chi connectivity index (χ2n) is 5.80. The molecule has 0 aliphatic carbocycles. The molecule has 0 bridgehead atoms. The summed E-state index contributed by atoms with van der Waals surface area (Å²) in [6, 6.07) is 6.62. The fourth-order valence-electron chi connectivity index (χ4n) is 2.49. The molecule has 0 radical (unpaired) electrons. The van der Waals surface area contributed by atoms with Gasteiger partial charge in [0.15, 0.2) is 0 Å². The Morgan fingerprint density at radius 2 is 1.76 bits per heavy atom. The minimum Gasteiger partial charge on any atom is -0.389 e. The van der Waals surface area contributed by atoms with Crippen LogP contribution in [0.2, 0.25) is 0 Å². The van der Waals surface area contributed by atoms with E-state index in [1.807, 2.05) is 26.0 Å². The molecule has 1 atom stereocenters. The monoisotopic (exact) mass is 296 g/mol. The Bertz CT molecular complexity index is 417. The molecule has 118 valence electrons. The molecule has 0 aromatic heterocycles. The smallest absolute Gasteiger partial charge is 0.123 e. The zero-order chi connectivity index (χ0) is 15.2. The van der Waals surface area contributed by atoms with Crippen LogP contribution in [-0.2, 0) is 4.74 Å². The average molecular weight is 296 g/mol. The van der Waals surface area contributed by atoms with Crippen LogP contribution >= 0.6 is 0 Å². The predicted octanol–water partition coefficient (Wildman–Crippen LogP) is 1.73. The summed E-state index contributed by atoms with van der Waals surface area (Å²) in [4.78, 5) is 4.49. The van der Waals surface area contributed by atoms with E-state index in [9.17, 15) is 9.50 Å². The van der Waals surface area contributed by atoms with Gasteiger partial charge in [-0.25, -0.2) is 4.39 Å². The molecule has 0 unspecified atom stereocenters. The summed E-state index contributed by atoms with van der Waals surface area (Å²) in [5.41, 5.74) is 1.06. The number of piperazine rings is 1. The molecule has 0 spiro atoms. The summed E-state index contributed by atoms with van der Waals surface area (Å²) >= 11 is 0. The number of ether oxygens (including phenoxy) is 1. The Labute approximate surface area is 126 Å². The summed E-state index contributed by atoms with van der Waals surface area (Å²) in [5.74, 6) is -0.203. The molecule has 0 amide bonds. The molecule has 1 aromatic carbocycles. The van der Waals surface area contributed by atoms with Crippen LogP contribution in [0.15, 0.2) is 24.3 Å². The van der Waals surface area contributed by atoms with Gasteiger partial charge in [0.05, 0.1) is 18.8 Å². The van der Waals surface area contributed by atoms with Gasteiger partial charge in [0.2, 0.25) is 0 Å². The lowest BCUT2D eigenvalue weighted by atomic mass is 10.2. The molecule has 1 aromatic rings. The maximum atomic E-state index is 12.9. The van der Waals surface area contributed by atoms with E-state index in [2.05, 4.69) is 9.80 Å². The molecule has 1 aliphatic heterocycles. The van der Waals surface area contributed by atoms with Crippen molar-refractivity contribution in [2.24, 2.45) is 0 Å². The number of aliphatic hydroxyl groups is 1. The lowest BCUT2D eigenvalue weighted by molar-refractivity contribution is -0.00899. The Balaban J connectivity index is 1.74. The van der Waals surface area contributed by atoms with Gasteiger partial charge in [-0.05, 0) is 38.1 Å². The van der Waals surface area contributed by atoms with Crippen molar-refractivity contribution in [3.05, 3.63) is 30.1 Å². The van der Waals surface area contributed by atoms with E-state index in [1.54, 1.807) is 0 Å². The highest BCUT2D eigenvalue weighted by atomic mass is 19.1. The zero-order valence-corrected chi connectivity index (χ0v) is 12.8. The van der Waals surface area contributed by atoms with Crippen molar-refractivity contribution in [2.75, 3.05) is 44.2 Å². The highest BCUT2D eigenvalue weighted by Crippen LogP contribution is 2.17. The van der Waals surface area contributed by atoms with Gasteiger partial charge in [-0.1, -0.05) is 0 Å². The third kappa shape index (κ3) is 5.26. The molecular formula is C16H25FN2O2. The van der Waals surface area contributed by atoms with Crippen molar-refractivity contribution in [2.45, 2.75) is 26.1 Å². The predicted molar refractivity (Wildman–Crippen MR) is 82.1 cm³/mol. The van der Waals surface area contributed by atoms with Crippen LogP contribution in [0.3, 0.4) is 0 Å². The minimum absolute atomic E-state index is 0.148. The van der Waals surface area contributed by atoms with Gasteiger partial charge in [0.1, 0.15) is 5.82 Å². The van der Waals surface area contributed by atoms with Crippen molar-refractivity contribution >= 4 is 5.69 Å². The van der Waals surface area contributed by atoms with Crippen molar-refractivity contribution in [1.82, 2.24) is 4.90 Å². The fourth-order valence-corrected chi connectivity index (χ4v) is 2.49. The maximum Gasteiger partial charge on any atom is 0.123 e. The van der Waals surface area contributed by atoms with Crippen LogP contribution in [0.1, 0.15) is 13.8 Å². The van der Waals surface area contributed by atoms with Crippen molar-refractivity contribution in [3.63, 3.8) is 0 Å². The third-order valence-electron chi connectivity index (χ3n) is 3.65. The summed E-state index contributed by atoms with van der Waals surface area (Å²) in [6.07, 6.45) is -0.292. The summed E-state index contributed by atoms with van der Waals surface area (Å²) in [5, 5.41) is 9.94. The quantitative estimate of drug-likeness (QED) is 0.867. The Morgan fingerprint density at radius 1 is 1.14 bits per heavy atom. The van der Waals surface area contributed by atoms with E-state index in [4.69, 9.17) is 4.74 Å². The van der Waals surface area contributed by atoms with Crippen LogP contribution in [0, 0.1) is 5.82 Å². The first kappa shape index (κ1) is 16.2. The molecule has 2 rings (SSSR count). The van der Waals surface area contributed by atoms with Gasteiger partial charge in [-0.3, -0.25) is 4.90 Å². The molecule has 1 fully saturated rings. The number of nitrogens with zero attached hydrogens (tertiary/aromatic N) is 2. The molecule has 1 saturated heterocycles. The number of β-amino-alcohol motifs (C(OH)–C–C–N with tert-alkyl or cyclic N) is 1. The van der Waals surface area contributed by atoms with E-state index in [0.29, 0.717) is 13.2 Å². The molecule has 1 N–H and O–H groups in total. The van der Waals surface area contributed by atoms with Crippen LogP contribution in [0.4, 0.5) is 10.1 Å². The minimum atomic E-state index is -0.440. The number of rotatable bonds is 6. The number of hydrogen-bond donors (Lipinski definition) is 1. The zero-order valence-electron chi connectivity index (χ0n) is 12.8. The lowest BCUT2D eigenvalue weighted by Crippen LogP contribution is -2.49. The largest absolute Gasteiger partial charge is 0.389 e. The Kier molecular flexibility index (Phi) is 5.96. The van der Waals surface area contributed by atoms with Crippen molar-refractivity contribution in [3.8, 4) is 0 Å². The van der Waals surface area contributed by atoms with Crippen LogP contribution in [0.5, 0.6) is 0 Å². The highest BCUT2D eigenvalue weighted by molar-refractivity contribution is 5.46. The van der Waals surface area contributed by atoms with E-state index < -0.39 is 6.10 Å². The number of aliphatic hydroxyl groups excluding tert-OH is 1. The van der Waals surface area contributed by atoms with E-state index in [0.717, 1.165) is 31.9 Å².